The van der Waals surface area contributed by atoms with Crippen molar-refractivity contribution in [2.75, 3.05) is 12.3 Å². The van der Waals surface area contributed by atoms with Crippen LogP contribution < -0.4 is 27.4 Å². The van der Waals surface area contributed by atoms with Gasteiger partial charge in [-0.2, -0.15) is 12.6 Å². The maximum Gasteiger partial charge on any atom is 0.322 e. The molecule has 0 aromatic heterocycles. The number of hydrogen-bond acceptors (Lipinski definition) is 7. The Morgan fingerprint density at radius 1 is 1.08 bits per heavy atom. The molecule has 8 N–H and O–H groups in total. The van der Waals surface area contributed by atoms with Crippen LogP contribution in [-0.4, -0.2) is 65.1 Å². The second-order valence-corrected chi connectivity index (χ2v) is 5.56. The summed E-state index contributed by atoms with van der Waals surface area (Å²) >= 11 is 3.96. The van der Waals surface area contributed by atoms with Crippen molar-refractivity contribution in [3.63, 3.8) is 0 Å². The molecular formula is C13H23N5O6S. The van der Waals surface area contributed by atoms with Gasteiger partial charge in [0.15, 0.2) is 0 Å². The molecule has 0 aliphatic carbocycles. The van der Waals surface area contributed by atoms with Gasteiger partial charge in [-0.1, -0.05) is 0 Å². The molecule has 0 aliphatic rings. The molecule has 0 saturated carbocycles. The van der Waals surface area contributed by atoms with Crippen molar-refractivity contribution >= 4 is 42.2 Å². The number of aliphatic carboxylic acids is 1. The van der Waals surface area contributed by atoms with Gasteiger partial charge in [-0.25, -0.2) is 0 Å². The number of amides is 4. The fraction of sp³-hybridized carbons (Fsp3) is 0.615. The number of carboxylic acids is 1. The summed E-state index contributed by atoms with van der Waals surface area (Å²) in [6.07, 6.45) is -0.0524. The summed E-state index contributed by atoms with van der Waals surface area (Å²) in [5.41, 5.74) is 10.6. The molecule has 11 nitrogen and oxygen atoms in total. The molecule has 25 heavy (non-hydrogen) atoms. The van der Waals surface area contributed by atoms with Gasteiger partial charge in [-0.3, -0.25) is 24.0 Å². The Labute approximate surface area is 149 Å². The van der Waals surface area contributed by atoms with E-state index in [0.29, 0.717) is 0 Å². The van der Waals surface area contributed by atoms with Crippen molar-refractivity contribution in [2.24, 2.45) is 11.5 Å². The van der Waals surface area contributed by atoms with Crippen LogP contribution in [0.25, 0.3) is 0 Å². The van der Waals surface area contributed by atoms with Crippen LogP contribution in [0.2, 0.25) is 0 Å². The molecule has 0 rings (SSSR count). The van der Waals surface area contributed by atoms with Gasteiger partial charge < -0.3 is 32.5 Å². The summed E-state index contributed by atoms with van der Waals surface area (Å²) in [5, 5.41) is 15.3. The molecule has 0 fully saturated rings. The van der Waals surface area contributed by atoms with E-state index in [1.807, 2.05) is 0 Å². The number of rotatable bonds is 11. The molecule has 142 valence electrons. The smallest absolute Gasteiger partial charge is 0.322 e. The zero-order valence-corrected chi connectivity index (χ0v) is 14.5. The predicted octanol–water partition coefficient (Wildman–Crippen LogP) is -3.30. The second-order valence-electron chi connectivity index (χ2n) is 5.20. The van der Waals surface area contributed by atoms with Gasteiger partial charge in [0, 0.05) is 12.2 Å². The minimum atomic E-state index is -1.22. The zero-order chi connectivity index (χ0) is 19.6. The summed E-state index contributed by atoms with van der Waals surface area (Å²) < 4.78 is 0. The molecule has 12 heteroatoms. The highest BCUT2D eigenvalue weighted by Gasteiger charge is 2.25. The summed E-state index contributed by atoms with van der Waals surface area (Å²) in [5.74, 6) is -3.95. The van der Waals surface area contributed by atoms with Crippen molar-refractivity contribution in [1.82, 2.24) is 16.0 Å². The number of carbonyl (C=O) groups is 5. The fourth-order valence-electron chi connectivity index (χ4n) is 1.60. The van der Waals surface area contributed by atoms with Crippen LogP contribution in [0.3, 0.4) is 0 Å². The van der Waals surface area contributed by atoms with Gasteiger partial charge in [-0.05, 0) is 13.3 Å². The molecule has 0 saturated heterocycles. The minimum Gasteiger partial charge on any atom is -0.480 e. The molecule has 0 aromatic rings. The van der Waals surface area contributed by atoms with E-state index in [0.717, 1.165) is 0 Å². The maximum absolute atomic E-state index is 12.1. The van der Waals surface area contributed by atoms with Crippen LogP contribution in [0.5, 0.6) is 0 Å². The first kappa shape index (κ1) is 22.7. The largest absolute Gasteiger partial charge is 0.480 e. The predicted molar refractivity (Wildman–Crippen MR) is 90.4 cm³/mol. The van der Waals surface area contributed by atoms with E-state index in [2.05, 4.69) is 28.6 Å². The standard InChI is InChI=1S/C13H23N5O6S/c1-6(11(22)16-4-10(20)21)17-13(24)8(5-25)18-12(23)7(14)2-3-9(15)19/h6-8,25H,2-5,14H2,1H3,(H2,15,19)(H,16,22)(H,17,24)(H,18,23)(H,20,21). The van der Waals surface area contributed by atoms with Gasteiger partial charge in [0.05, 0.1) is 6.04 Å². The summed E-state index contributed by atoms with van der Waals surface area (Å²) in [6.45, 7) is 0.769. The van der Waals surface area contributed by atoms with Crippen LogP contribution in [-0.2, 0) is 24.0 Å². The molecule has 0 heterocycles. The van der Waals surface area contributed by atoms with Gasteiger partial charge in [-0.15, -0.1) is 0 Å². The van der Waals surface area contributed by atoms with Gasteiger partial charge in [0.1, 0.15) is 18.6 Å². The molecule has 0 bridgehead atoms. The van der Waals surface area contributed by atoms with Crippen LogP contribution >= 0.6 is 12.6 Å². The highest BCUT2D eigenvalue weighted by atomic mass is 32.1. The van der Waals surface area contributed by atoms with Crippen molar-refractivity contribution in [3.8, 4) is 0 Å². The highest BCUT2D eigenvalue weighted by molar-refractivity contribution is 7.80. The monoisotopic (exact) mass is 377 g/mol. The van der Waals surface area contributed by atoms with Crippen LogP contribution in [0.15, 0.2) is 0 Å². The highest BCUT2D eigenvalue weighted by Crippen LogP contribution is 1.97. The molecule has 3 atom stereocenters. The Balaban J connectivity index is 4.54. The van der Waals surface area contributed by atoms with E-state index >= 15 is 0 Å². The second kappa shape index (κ2) is 11.3. The average molecular weight is 377 g/mol. The number of nitrogens with two attached hydrogens (primary N) is 2. The van der Waals surface area contributed by atoms with E-state index in [1.165, 1.54) is 6.92 Å². The van der Waals surface area contributed by atoms with Crippen molar-refractivity contribution in [1.29, 1.82) is 0 Å². The molecule has 0 aliphatic heterocycles. The summed E-state index contributed by atoms with van der Waals surface area (Å²) in [4.78, 5) is 56.6. The lowest BCUT2D eigenvalue weighted by Crippen LogP contribution is -2.56. The molecule has 0 radical (unpaired) electrons. The minimum absolute atomic E-state index is 0.0239. The van der Waals surface area contributed by atoms with E-state index in [1.54, 1.807) is 0 Å². The number of hydrogen-bond donors (Lipinski definition) is 7. The first-order valence-electron chi connectivity index (χ1n) is 7.33. The fourth-order valence-corrected chi connectivity index (χ4v) is 1.85. The molecule has 4 amide bonds. The van der Waals surface area contributed by atoms with Crippen molar-refractivity contribution in [2.45, 2.75) is 37.9 Å². The lowest BCUT2D eigenvalue weighted by Gasteiger charge is -2.21. The third-order valence-corrected chi connectivity index (χ3v) is 3.39. The number of carboxylic acid groups (broad SMARTS) is 1. The third kappa shape index (κ3) is 9.52. The Bertz CT molecular complexity index is 529. The van der Waals surface area contributed by atoms with E-state index in [-0.39, 0.29) is 18.6 Å². The number of primary amides is 1. The number of carbonyl (C=O) groups excluding carboxylic acids is 4. The van der Waals surface area contributed by atoms with Gasteiger partial charge >= 0.3 is 5.97 Å². The first-order chi connectivity index (χ1) is 11.6. The SMILES string of the molecule is CC(NC(=O)C(CS)NC(=O)C(N)CCC(N)=O)C(=O)NCC(=O)O. The normalized spacial score (nSPS) is 13.9. The Morgan fingerprint density at radius 3 is 2.16 bits per heavy atom. The van der Waals surface area contributed by atoms with Crippen LogP contribution in [0, 0.1) is 0 Å². The Morgan fingerprint density at radius 2 is 1.68 bits per heavy atom. The lowest BCUT2D eigenvalue weighted by atomic mass is 10.1. The lowest BCUT2D eigenvalue weighted by molar-refractivity contribution is -0.138. The Hall–Kier alpha value is -2.34. The Kier molecular flexibility index (Phi) is 10.2. The quantitative estimate of drug-likeness (QED) is 0.183. The molecule has 0 spiro atoms. The zero-order valence-electron chi connectivity index (χ0n) is 13.7. The van der Waals surface area contributed by atoms with Crippen LogP contribution in [0.4, 0.5) is 0 Å². The van der Waals surface area contributed by atoms with E-state index in [4.69, 9.17) is 16.6 Å². The van der Waals surface area contributed by atoms with Crippen LogP contribution in [0.1, 0.15) is 19.8 Å². The van der Waals surface area contributed by atoms with Gasteiger partial charge in [0.25, 0.3) is 0 Å². The van der Waals surface area contributed by atoms with Gasteiger partial charge in [0.2, 0.25) is 23.6 Å². The summed E-state index contributed by atoms with van der Waals surface area (Å²) in [6, 6.07) is -3.11. The average Bonchev–Trinajstić information content (AvgIpc) is 2.54. The van der Waals surface area contributed by atoms with Crippen molar-refractivity contribution < 1.29 is 29.1 Å². The topological polar surface area (TPSA) is 194 Å². The molecule has 3 unspecified atom stereocenters. The molecule has 0 aromatic carbocycles. The summed E-state index contributed by atoms with van der Waals surface area (Å²) in [7, 11) is 0. The van der Waals surface area contributed by atoms with E-state index < -0.39 is 54.3 Å². The number of nitrogens with one attached hydrogen (secondary N) is 3. The van der Waals surface area contributed by atoms with E-state index in [9.17, 15) is 24.0 Å². The van der Waals surface area contributed by atoms with Crippen molar-refractivity contribution in [3.05, 3.63) is 0 Å². The third-order valence-electron chi connectivity index (χ3n) is 3.02. The number of thiol groups is 1. The first-order valence-corrected chi connectivity index (χ1v) is 7.96. The molecular weight excluding hydrogens is 354 g/mol. The maximum atomic E-state index is 12.1.